The zero-order chi connectivity index (χ0) is 11.4. The maximum atomic E-state index is 13.1. The van der Waals surface area contributed by atoms with Gasteiger partial charge < -0.3 is 10.6 Å². The minimum Gasteiger partial charge on any atom is -0.382 e. The molecule has 1 atom stereocenters. The van der Waals surface area contributed by atoms with E-state index in [0.29, 0.717) is 10.5 Å². The third-order valence-electron chi connectivity index (χ3n) is 2.87. The average molecular weight is 287 g/mol. The van der Waals surface area contributed by atoms with Gasteiger partial charge in [0.25, 0.3) is 0 Å². The second-order valence-corrected chi connectivity index (χ2v) is 5.01. The van der Waals surface area contributed by atoms with Gasteiger partial charge in [0.15, 0.2) is 0 Å². The van der Waals surface area contributed by atoms with Crippen molar-refractivity contribution in [1.82, 2.24) is 5.32 Å². The lowest BCUT2D eigenvalue weighted by atomic mass is 10.1. The summed E-state index contributed by atoms with van der Waals surface area (Å²) < 4.78 is 13.6. The van der Waals surface area contributed by atoms with Gasteiger partial charge in [-0.3, -0.25) is 0 Å². The monoisotopic (exact) mass is 286 g/mol. The first-order valence-electron chi connectivity index (χ1n) is 5.68. The predicted molar refractivity (Wildman–Crippen MR) is 68.2 cm³/mol. The van der Waals surface area contributed by atoms with E-state index >= 15 is 0 Å². The molecule has 1 heterocycles. The van der Waals surface area contributed by atoms with Crippen LogP contribution >= 0.6 is 15.9 Å². The highest BCUT2D eigenvalue weighted by Crippen LogP contribution is 2.21. The van der Waals surface area contributed by atoms with Crippen molar-refractivity contribution < 1.29 is 4.39 Å². The van der Waals surface area contributed by atoms with Crippen LogP contribution in [0.3, 0.4) is 0 Å². The molecule has 1 aromatic rings. The van der Waals surface area contributed by atoms with E-state index in [1.54, 1.807) is 12.1 Å². The van der Waals surface area contributed by atoms with Crippen molar-refractivity contribution in [3.05, 3.63) is 28.5 Å². The Balaban J connectivity index is 1.99. The Bertz CT molecular complexity index is 349. The first-order valence-corrected chi connectivity index (χ1v) is 6.47. The van der Waals surface area contributed by atoms with Crippen LogP contribution in [0.2, 0.25) is 0 Å². The third-order valence-corrected chi connectivity index (χ3v) is 3.47. The Morgan fingerprint density at radius 3 is 3.00 bits per heavy atom. The summed E-state index contributed by atoms with van der Waals surface area (Å²) in [5.41, 5.74) is 0.986. The molecule has 2 N–H and O–H groups in total. The van der Waals surface area contributed by atoms with E-state index in [1.807, 2.05) is 0 Å². The molecule has 1 aliphatic rings. The summed E-state index contributed by atoms with van der Waals surface area (Å²) in [5.74, 6) is -0.215. The van der Waals surface area contributed by atoms with Gasteiger partial charge in [-0.25, -0.2) is 4.39 Å². The van der Waals surface area contributed by atoms with Gasteiger partial charge in [-0.1, -0.05) is 0 Å². The Morgan fingerprint density at radius 2 is 2.19 bits per heavy atom. The number of hydrogen-bond donors (Lipinski definition) is 2. The molecular formula is C12H16BrFN2. The molecule has 0 spiro atoms. The molecule has 1 aromatic carbocycles. The predicted octanol–water partition coefficient (Wildman–Crippen LogP) is 3.14. The Hall–Kier alpha value is -0.610. The minimum absolute atomic E-state index is 0.215. The van der Waals surface area contributed by atoms with E-state index in [4.69, 9.17) is 0 Å². The molecule has 1 saturated heterocycles. The summed E-state index contributed by atoms with van der Waals surface area (Å²) in [7, 11) is 0. The summed E-state index contributed by atoms with van der Waals surface area (Å²) in [6.45, 7) is 2.16. The molecule has 0 aliphatic carbocycles. The number of rotatable bonds is 2. The van der Waals surface area contributed by atoms with Crippen molar-refractivity contribution in [3.8, 4) is 0 Å². The molecule has 0 bridgehead atoms. The molecule has 2 rings (SSSR count). The smallest absolute Gasteiger partial charge is 0.137 e. The van der Waals surface area contributed by atoms with Gasteiger partial charge in [0.05, 0.1) is 4.47 Å². The lowest BCUT2D eigenvalue weighted by Gasteiger charge is -2.17. The first-order chi connectivity index (χ1) is 7.75. The van der Waals surface area contributed by atoms with Gasteiger partial charge in [0.2, 0.25) is 0 Å². The second-order valence-electron chi connectivity index (χ2n) is 4.15. The topological polar surface area (TPSA) is 24.1 Å². The molecule has 1 fully saturated rings. The quantitative estimate of drug-likeness (QED) is 0.873. The molecule has 0 radical (unpaired) electrons. The van der Waals surface area contributed by atoms with Crippen LogP contribution in [-0.2, 0) is 0 Å². The Morgan fingerprint density at radius 1 is 1.31 bits per heavy atom. The normalized spacial score (nSPS) is 21.5. The van der Waals surface area contributed by atoms with E-state index in [1.165, 1.54) is 18.9 Å². The summed E-state index contributed by atoms with van der Waals surface area (Å²) in [6, 6.07) is 5.57. The van der Waals surface area contributed by atoms with E-state index in [-0.39, 0.29) is 5.82 Å². The van der Waals surface area contributed by atoms with Gasteiger partial charge in [0.1, 0.15) is 5.82 Å². The van der Waals surface area contributed by atoms with Crippen molar-refractivity contribution in [1.29, 1.82) is 0 Å². The number of halogens is 2. The van der Waals surface area contributed by atoms with Crippen molar-refractivity contribution >= 4 is 21.6 Å². The molecule has 0 saturated carbocycles. The van der Waals surface area contributed by atoms with Crippen LogP contribution in [0.4, 0.5) is 10.1 Å². The fraction of sp³-hybridized carbons (Fsp3) is 0.500. The standard InChI is InChI=1S/C12H16BrFN2/c13-11-8-10(3-4-12(11)14)16-9-2-1-6-15-7-5-9/h3-4,8-9,15-16H,1-2,5-7H2. The van der Waals surface area contributed by atoms with Gasteiger partial charge >= 0.3 is 0 Å². The maximum absolute atomic E-state index is 13.1. The summed E-state index contributed by atoms with van der Waals surface area (Å²) >= 11 is 3.20. The van der Waals surface area contributed by atoms with E-state index < -0.39 is 0 Å². The zero-order valence-corrected chi connectivity index (χ0v) is 10.7. The lowest BCUT2D eigenvalue weighted by Crippen LogP contribution is -2.21. The molecule has 0 amide bonds. The van der Waals surface area contributed by atoms with Gasteiger partial charge in [-0.15, -0.1) is 0 Å². The molecule has 4 heteroatoms. The van der Waals surface area contributed by atoms with Gasteiger partial charge in [-0.2, -0.15) is 0 Å². The number of nitrogens with one attached hydrogen (secondary N) is 2. The molecule has 16 heavy (non-hydrogen) atoms. The van der Waals surface area contributed by atoms with Crippen molar-refractivity contribution in [2.45, 2.75) is 25.3 Å². The second kappa shape index (κ2) is 5.64. The molecule has 0 aromatic heterocycles. The van der Waals surface area contributed by atoms with Crippen LogP contribution in [0.15, 0.2) is 22.7 Å². The molecular weight excluding hydrogens is 271 g/mol. The molecule has 2 nitrogen and oxygen atoms in total. The van der Waals surface area contributed by atoms with Gasteiger partial charge in [0, 0.05) is 11.7 Å². The van der Waals surface area contributed by atoms with Gasteiger partial charge in [-0.05, 0) is 66.5 Å². The van der Waals surface area contributed by atoms with Crippen LogP contribution in [0, 0.1) is 5.82 Å². The van der Waals surface area contributed by atoms with E-state index in [9.17, 15) is 4.39 Å². The van der Waals surface area contributed by atoms with E-state index in [2.05, 4.69) is 26.6 Å². The highest BCUT2D eigenvalue weighted by Gasteiger charge is 2.11. The van der Waals surface area contributed by atoms with Crippen LogP contribution < -0.4 is 10.6 Å². The first kappa shape index (κ1) is 11.9. The van der Waals surface area contributed by atoms with Crippen LogP contribution in [0.25, 0.3) is 0 Å². The minimum atomic E-state index is -0.215. The lowest BCUT2D eigenvalue weighted by molar-refractivity contribution is 0.619. The molecule has 88 valence electrons. The number of anilines is 1. The fourth-order valence-corrected chi connectivity index (χ4v) is 2.36. The Kier molecular flexibility index (Phi) is 4.18. The summed E-state index contributed by atoms with van der Waals surface area (Å²) in [4.78, 5) is 0. The third kappa shape index (κ3) is 3.19. The van der Waals surface area contributed by atoms with Crippen LogP contribution in [0.1, 0.15) is 19.3 Å². The highest BCUT2D eigenvalue weighted by atomic mass is 79.9. The summed E-state index contributed by atoms with van der Waals surface area (Å²) in [6.07, 6.45) is 3.48. The Labute approximate surface area is 104 Å². The number of hydrogen-bond acceptors (Lipinski definition) is 2. The van der Waals surface area contributed by atoms with E-state index in [0.717, 1.165) is 25.2 Å². The maximum Gasteiger partial charge on any atom is 0.137 e. The highest BCUT2D eigenvalue weighted by molar-refractivity contribution is 9.10. The zero-order valence-electron chi connectivity index (χ0n) is 9.10. The average Bonchev–Trinajstić information content (AvgIpc) is 2.52. The molecule has 1 aliphatic heterocycles. The largest absolute Gasteiger partial charge is 0.382 e. The van der Waals surface area contributed by atoms with Crippen molar-refractivity contribution in [2.75, 3.05) is 18.4 Å². The summed E-state index contributed by atoms with van der Waals surface area (Å²) in [5, 5.41) is 6.83. The van der Waals surface area contributed by atoms with Crippen molar-refractivity contribution in [3.63, 3.8) is 0 Å². The fourth-order valence-electron chi connectivity index (χ4n) is 1.99. The van der Waals surface area contributed by atoms with Crippen LogP contribution in [0.5, 0.6) is 0 Å². The number of benzene rings is 1. The van der Waals surface area contributed by atoms with Crippen molar-refractivity contribution in [2.24, 2.45) is 0 Å². The molecule has 1 unspecified atom stereocenters. The SMILES string of the molecule is Fc1ccc(NC2CCCNCC2)cc1Br. The van der Waals surface area contributed by atoms with Crippen LogP contribution in [-0.4, -0.2) is 19.1 Å².